The van der Waals surface area contributed by atoms with Crippen molar-refractivity contribution in [2.24, 2.45) is 0 Å². The first-order chi connectivity index (χ1) is 8.70. The van der Waals surface area contributed by atoms with Gasteiger partial charge in [-0.15, -0.1) is 0 Å². The molecule has 0 radical (unpaired) electrons. The summed E-state index contributed by atoms with van der Waals surface area (Å²) >= 11 is 0. The Morgan fingerprint density at radius 2 is 1.72 bits per heavy atom. The van der Waals surface area contributed by atoms with E-state index >= 15 is 0 Å². The predicted molar refractivity (Wildman–Crippen MR) is 69.8 cm³/mol. The van der Waals surface area contributed by atoms with Crippen molar-refractivity contribution in [1.82, 2.24) is 19.9 Å². The average molecular weight is 240 g/mol. The van der Waals surface area contributed by atoms with Gasteiger partial charge in [0.15, 0.2) is 0 Å². The lowest BCUT2D eigenvalue weighted by Crippen LogP contribution is -2.07. The second kappa shape index (κ2) is 3.99. The number of nitrogens with two attached hydrogens (primary N) is 2. The van der Waals surface area contributed by atoms with E-state index in [-0.39, 0.29) is 11.9 Å². The molecule has 0 saturated heterocycles. The van der Waals surface area contributed by atoms with Crippen LogP contribution >= 0.6 is 0 Å². The Bertz CT molecular complexity index is 649. The minimum Gasteiger partial charge on any atom is -0.368 e. The van der Waals surface area contributed by atoms with Gasteiger partial charge in [-0.1, -0.05) is 18.2 Å². The fourth-order valence-electron chi connectivity index (χ4n) is 1.93. The Morgan fingerprint density at radius 3 is 2.44 bits per heavy atom. The zero-order chi connectivity index (χ0) is 12.5. The van der Waals surface area contributed by atoms with E-state index in [0.29, 0.717) is 12.2 Å². The van der Waals surface area contributed by atoms with Crippen molar-refractivity contribution in [3.8, 4) is 0 Å². The van der Waals surface area contributed by atoms with E-state index in [4.69, 9.17) is 11.5 Å². The summed E-state index contributed by atoms with van der Waals surface area (Å²) in [5, 5.41) is 1.16. The highest BCUT2D eigenvalue weighted by atomic mass is 15.1. The third-order valence-electron chi connectivity index (χ3n) is 2.65. The largest absolute Gasteiger partial charge is 0.368 e. The molecule has 0 unspecified atom stereocenters. The van der Waals surface area contributed by atoms with Crippen LogP contribution in [-0.2, 0) is 6.42 Å². The van der Waals surface area contributed by atoms with Gasteiger partial charge in [-0.05, 0) is 17.5 Å². The molecule has 3 rings (SSSR count). The van der Waals surface area contributed by atoms with Crippen LogP contribution in [0.1, 0.15) is 11.5 Å². The Morgan fingerprint density at radius 1 is 1.00 bits per heavy atom. The van der Waals surface area contributed by atoms with E-state index in [9.17, 15) is 0 Å². The van der Waals surface area contributed by atoms with Gasteiger partial charge in [0.05, 0.1) is 0 Å². The molecule has 0 amide bonds. The van der Waals surface area contributed by atoms with Gasteiger partial charge < -0.3 is 16.5 Å². The molecule has 5 N–H and O–H groups in total. The Hall–Kier alpha value is -2.63. The molecule has 18 heavy (non-hydrogen) atoms. The number of aromatic nitrogens is 4. The molecule has 0 fully saturated rings. The molecular formula is C12H12N6. The first-order valence-corrected chi connectivity index (χ1v) is 5.53. The van der Waals surface area contributed by atoms with Crippen molar-refractivity contribution in [2.75, 3.05) is 11.5 Å². The number of hydrogen-bond donors (Lipinski definition) is 3. The zero-order valence-corrected chi connectivity index (χ0v) is 9.59. The smallest absolute Gasteiger partial charge is 0.225 e. The quantitative estimate of drug-likeness (QED) is 0.622. The van der Waals surface area contributed by atoms with E-state index in [1.165, 1.54) is 0 Å². The highest BCUT2D eigenvalue weighted by Crippen LogP contribution is 2.16. The molecule has 90 valence electrons. The van der Waals surface area contributed by atoms with Crippen molar-refractivity contribution in [2.45, 2.75) is 6.42 Å². The number of benzene rings is 1. The van der Waals surface area contributed by atoms with Crippen LogP contribution in [0.15, 0.2) is 30.3 Å². The lowest BCUT2D eigenvalue weighted by molar-refractivity contribution is 0.924. The molecule has 0 saturated carbocycles. The minimum absolute atomic E-state index is 0.147. The molecule has 0 bridgehead atoms. The van der Waals surface area contributed by atoms with Gasteiger partial charge in [-0.2, -0.15) is 15.0 Å². The van der Waals surface area contributed by atoms with Crippen molar-refractivity contribution < 1.29 is 0 Å². The first-order valence-electron chi connectivity index (χ1n) is 5.53. The summed E-state index contributed by atoms with van der Waals surface area (Å²) in [6.45, 7) is 0. The standard InChI is InChI=1S/C12H12N6/c13-11-16-10(17-12(14)18-11)6-8-5-7-3-1-2-4-9(7)15-8/h1-5,15H,6H2,(H4,13,14,16,17,18). The van der Waals surface area contributed by atoms with Crippen LogP contribution in [0.2, 0.25) is 0 Å². The number of para-hydroxylation sites is 1. The van der Waals surface area contributed by atoms with E-state index in [1.54, 1.807) is 0 Å². The molecule has 0 atom stereocenters. The maximum Gasteiger partial charge on any atom is 0.225 e. The number of rotatable bonds is 2. The number of nitrogens with zero attached hydrogens (tertiary/aromatic N) is 3. The number of anilines is 2. The molecule has 6 heteroatoms. The van der Waals surface area contributed by atoms with Crippen LogP contribution in [0.25, 0.3) is 10.9 Å². The normalized spacial score (nSPS) is 10.9. The van der Waals surface area contributed by atoms with Crippen molar-refractivity contribution in [1.29, 1.82) is 0 Å². The topological polar surface area (TPSA) is 106 Å². The second-order valence-electron chi connectivity index (χ2n) is 4.03. The summed E-state index contributed by atoms with van der Waals surface area (Å²) in [5.41, 5.74) is 13.2. The van der Waals surface area contributed by atoms with Crippen molar-refractivity contribution in [3.05, 3.63) is 41.9 Å². The number of aromatic amines is 1. The van der Waals surface area contributed by atoms with Crippen LogP contribution < -0.4 is 11.5 Å². The van der Waals surface area contributed by atoms with E-state index < -0.39 is 0 Å². The third-order valence-corrected chi connectivity index (χ3v) is 2.65. The lowest BCUT2D eigenvalue weighted by Gasteiger charge is -2.00. The van der Waals surface area contributed by atoms with E-state index in [1.807, 2.05) is 24.3 Å². The second-order valence-corrected chi connectivity index (χ2v) is 4.03. The zero-order valence-electron chi connectivity index (χ0n) is 9.59. The maximum absolute atomic E-state index is 5.54. The minimum atomic E-state index is 0.147. The molecule has 2 heterocycles. The Labute approximate surface area is 103 Å². The highest BCUT2D eigenvalue weighted by molar-refractivity contribution is 5.80. The van der Waals surface area contributed by atoms with Crippen LogP contribution in [0.5, 0.6) is 0 Å². The van der Waals surface area contributed by atoms with Gasteiger partial charge in [-0.25, -0.2) is 0 Å². The first kappa shape index (κ1) is 10.5. The molecule has 0 aliphatic carbocycles. The van der Waals surface area contributed by atoms with Crippen molar-refractivity contribution in [3.63, 3.8) is 0 Å². The van der Waals surface area contributed by atoms with Crippen molar-refractivity contribution >= 4 is 22.8 Å². The Balaban J connectivity index is 1.96. The van der Waals surface area contributed by atoms with E-state index in [2.05, 4.69) is 26.0 Å². The molecule has 3 aromatic rings. The summed E-state index contributed by atoms with van der Waals surface area (Å²) in [7, 11) is 0. The molecule has 0 aliphatic rings. The lowest BCUT2D eigenvalue weighted by atomic mass is 10.2. The third kappa shape index (κ3) is 1.95. The predicted octanol–water partition coefficient (Wildman–Crippen LogP) is 1.11. The van der Waals surface area contributed by atoms with Crippen LogP contribution in [0, 0.1) is 0 Å². The van der Waals surface area contributed by atoms with Crippen LogP contribution in [0.3, 0.4) is 0 Å². The fraction of sp³-hybridized carbons (Fsp3) is 0.0833. The Kier molecular flexibility index (Phi) is 2.33. The van der Waals surface area contributed by atoms with Gasteiger partial charge in [0.2, 0.25) is 11.9 Å². The molecular weight excluding hydrogens is 228 g/mol. The summed E-state index contributed by atoms with van der Waals surface area (Å²) in [6, 6.07) is 10.1. The van der Waals surface area contributed by atoms with Gasteiger partial charge in [0.25, 0.3) is 0 Å². The van der Waals surface area contributed by atoms with Gasteiger partial charge >= 0.3 is 0 Å². The van der Waals surface area contributed by atoms with Gasteiger partial charge in [0, 0.05) is 17.6 Å². The van der Waals surface area contributed by atoms with Gasteiger partial charge in [-0.3, -0.25) is 0 Å². The summed E-state index contributed by atoms with van der Waals surface area (Å²) < 4.78 is 0. The van der Waals surface area contributed by atoms with E-state index in [0.717, 1.165) is 16.6 Å². The number of hydrogen-bond acceptors (Lipinski definition) is 5. The number of H-pyrrole nitrogens is 1. The van der Waals surface area contributed by atoms with Crippen LogP contribution in [-0.4, -0.2) is 19.9 Å². The average Bonchev–Trinajstić information content (AvgIpc) is 2.69. The number of nitrogen functional groups attached to an aromatic ring is 2. The molecule has 0 spiro atoms. The van der Waals surface area contributed by atoms with Crippen LogP contribution in [0.4, 0.5) is 11.9 Å². The number of nitrogens with one attached hydrogen (secondary N) is 1. The summed E-state index contributed by atoms with van der Waals surface area (Å²) in [4.78, 5) is 15.2. The highest BCUT2D eigenvalue weighted by Gasteiger charge is 2.06. The number of fused-ring (bicyclic) bond motifs is 1. The van der Waals surface area contributed by atoms with Gasteiger partial charge in [0.1, 0.15) is 5.82 Å². The molecule has 2 aromatic heterocycles. The monoisotopic (exact) mass is 240 g/mol. The summed E-state index contributed by atoms with van der Waals surface area (Å²) in [5.74, 6) is 0.855. The molecule has 1 aromatic carbocycles. The SMILES string of the molecule is Nc1nc(N)nc(Cc2cc3ccccc3[nH]2)n1. The molecule has 0 aliphatic heterocycles. The molecule has 6 nitrogen and oxygen atoms in total. The fourth-order valence-corrected chi connectivity index (χ4v) is 1.93. The maximum atomic E-state index is 5.54. The summed E-state index contributed by atoms with van der Waals surface area (Å²) in [6.07, 6.45) is 0.547.